The van der Waals surface area contributed by atoms with Crippen molar-refractivity contribution >= 4 is 11.6 Å². The minimum atomic E-state index is 0.121. The Hall–Kier alpha value is -0.730. The molecule has 1 aliphatic rings. The van der Waals surface area contributed by atoms with Crippen LogP contribution in [0, 0.1) is 5.92 Å². The van der Waals surface area contributed by atoms with Crippen LogP contribution in [0.4, 0.5) is 0 Å². The number of benzene rings is 1. The van der Waals surface area contributed by atoms with Crippen molar-refractivity contribution in [2.75, 3.05) is 6.61 Å². The fourth-order valence-electron chi connectivity index (χ4n) is 2.78. The van der Waals surface area contributed by atoms with E-state index in [-0.39, 0.29) is 6.04 Å². The largest absolute Gasteiger partial charge is 0.491 e. The SMILES string of the molecule is CC(N)Cc1cccc(Cl)c1OCC1CCCCC1. The van der Waals surface area contributed by atoms with Gasteiger partial charge in [-0.25, -0.2) is 0 Å². The van der Waals surface area contributed by atoms with Crippen molar-refractivity contribution in [1.29, 1.82) is 0 Å². The summed E-state index contributed by atoms with van der Waals surface area (Å²) < 4.78 is 6.02. The Balaban J connectivity index is 2.01. The van der Waals surface area contributed by atoms with Gasteiger partial charge in [0.2, 0.25) is 0 Å². The van der Waals surface area contributed by atoms with Gasteiger partial charge in [0.05, 0.1) is 11.6 Å². The minimum Gasteiger partial charge on any atom is -0.491 e. The monoisotopic (exact) mass is 281 g/mol. The maximum absolute atomic E-state index is 6.26. The number of rotatable bonds is 5. The topological polar surface area (TPSA) is 35.2 Å². The molecule has 19 heavy (non-hydrogen) atoms. The number of halogens is 1. The third kappa shape index (κ3) is 4.39. The highest BCUT2D eigenvalue weighted by atomic mass is 35.5. The van der Waals surface area contributed by atoms with Crippen LogP contribution in [0.3, 0.4) is 0 Å². The van der Waals surface area contributed by atoms with Gasteiger partial charge in [-0.1, -0.05) is 43.0 Å². The molecule has 0 aromatic heterocycles. The molecule has 0 heterocycles. The Morgan fingerprint density at radius 1 is 1.32 bits per heavy atom. The number of nitrogens with two attached hydrogens (primary N) is 1. The van der Waals surface area contributed by atoms with Gasteiger partial charge in [-0.3, -0.25) is 0 Å². The molecule has 1 unspecified atom stereocenters. The quantitative estimate of drug-likeness (QED) is 0.878. The standard InChI is InChI=1S/C16H24ClNO/c1-12(18)10-14-8-5-9-15(17)16(14)19-11-13-6-3-2-4-7-13/h5,8-9,12-13H,2-4,6-7,10-11,18H2,1H3. The summed E-state index contributed by atoms with van der Waals surface area (Å²) in [5.41, 5.74) is 7.01. The fraction of sp³-hybridized carbons (Fsp3) is 0.625. The van der Waals surface area contributed by atoms with E-state index < -0.39 is 0 Å². The van der Waals surface area contributed by atoms with Crippen molar-refractivity contribution in [3.8, 4) is 5.75 Å². The lowest BCUT2D eigenvalue weighted by molar-refractivity contribution is 0.207. The Morgan fingerprint density at radius 3 is 2.74 bits per heavy atom. The summed E-state index contributed by atoms with van der Waals surface area (Å²) in [7, 11) is 0. The maximum atomic E-state index is 6.26. The van der Waals surface area contributed by atoms with E-state index in [4.69, 9.17) is 22.1 Å². The lowest BCUT2D eigenvalue weighted by atomic mass is 9.90. The normalized spacial score (nSPS) is 18.3. The zero-order chi connectivity index (χ0) is 13.7. The van der Waals surface area contributed by atoms with Gasteiger partial charge >= 0.3 is 0 Å². The van der Waals surface area contributed by atoms with Gasteiger partial charge in [-0.05, 0) is 43.7 Å². The predicted octanol–water partition coefficient (Wildman–Crippen LogP) is 4.19. The summed E-state index contributed by atoms with van der Waals surface area (Å²) in [6.45, 7) is 2.79. The number of para-hydroxylation sites is 1. The van der Waals surface area contributed by atoms with Crippen molar-refractivity contribution in [1.82, 2.24) is 0 Å². The minimum absolute atomic E-state index is 0.121. The third-order valence-electron chi connectivity index (χ3n) is 3.78. The van der Waals surface area contributed by atoms with Crippen molar-refractivity contribution in [3.05, 3.63) is 28.8 Å². The first-order valence-electron chi connectivity index (χ1n) is 7.32. The second-order valence-electron chi connectivity index (χ2n) is 5.72. The van der Waals surface area contributed by atoms with Gasteiger partial charge in [-0.2, -0.15) is 0 Å². The van der Waals surface area contributed by atoms with E-state index >= 15 is 0 Å². The first-order chi connectivity index (χ1) is 9.16. The van der Waals surface area contributed by atoms with Crippen molar-refractivity contribution in [2.24, 2.45) is 11.7 Å². The van der Waals surface area contributed by atoms with Crippen molar-refractivity contribution in [3.63, 3.8) is 0 Å². The van der Waals surface area contributed by atoms with E-state index in [0.29, 0.717) is 10.9 Å². The smallest absolute Gasteiger partial charge is 0.141 e. The van der Waals surface area contributed by atoms with Crippen LogP contribution in [0.25, 0.3) is 0 Å². The molecule has 0 amide bonds. The molecule has 0 spiro atoms. The summed E-state index contributed by atoms with van der Waals surface area (Å²) in [6.07, 6.45) is 7.42. The molecule has 1 aromatic carbocycles. The van der Waals surface area contributed by atoms with Crippen molar-refractivity contribution < 1.29 is 4.74 Å². The first-order valence-corrected chi connectivity index (χ1v) is 7.70. The van der Waals surface area contributed by atoms with E-state index in [0.717, 1.165) is 24.3 Å². The van der Waals surface area contributed by atoms with Crippen LogP contribution in [-0.4, -0.2) is 12.6 Å². The van der Waals surface area contributed by atoms with Gasteiger partial charge in [0, 0.05) is 6.04 Å². The van der Waals surface area contributed by atoms with Gasteiger partial charge in [0.25, 0.3) is 0 Å². The Morgan fingerprint density at radius 2 is 2.05 bits per heavy atom. The highest BCUT2D eigenvalue weighted by Gasteiger charge is 2.16. The molecule has 3 heteroatoms. The maximum Gasteiger partial charge on any atom is 0.141 e. The molecule has 0 radical (unpaired) electrons. The van der Waals surface area contributed by atoms with Crippen LogP contribution < -0.4 is 10.5 Å². The van der Waals surface area contributed by atoms with Gasteiger partial charge < -0.3 is 10.5 Å². The molecular weight excluding hydrogens is 258 g/mol. The number of hydrogen-bond acceptors (Lipinski definition) is 2. The lowest BCUT2D eigenvalue weighted by Crippen LogP contribution is -2.20. The Labute approximate surface area is 121 Å². The predicted molar refractivity (Wildman–Crippen MR) is 80.9 cm³/mol. The van der Waals surface area contributed by atoms with Crippen molar-refractivity contribution in [2.45, 2.75) is 51.5 Å². The second kappa shape index (κ2) is 7.16. The molecule has 106 valence electrons. The van der Waals surface area contributed by atoms with Crippen LogP contribution in [0.1, 0.15) is 44.6 Å². The Kier molecular flexibility index (Phi) is 5.53. The highest BCUT2D eigenvalue weighted by molar-refractivity contribution is 6.32. The number of ether oxygens (including phenoxy) is 1. The molecule has 1 aliphatic carbocycles. The molecule has 0 saturated heterocycles. The van der Waals surface area contributed by atoms with E-state index in [1.807, 2.05) is 19.1 Å². The molecule has 0 aliphatic heterocycles. The molecule has 1 aromatic rings. The average molecular weight is 282 g/mol. The lowest BCUT2D eigenvalue weighted by Gasteiger charge is -2.23. The molecule has 1 saturated carbocycles. The third-order valence-corrected chi connectivity index (χ3v) is 4.08. The molecule has 1 fully saturated rings. The molecular formula is C16H24ClNO. The molecule has 2 rings (SSSR count). The van der Waals surface area contributed by atoms with Gasteiger partial charge in [0.1, 0.15) is 5.75 Å². The summed E-state index contributed by atoms with van der Waals surface area (Å²) in [5, 5.41) is 0.703. The van der Waals surface area contributed by atoms with E-state index in [9.17, 15) is 0 Å². The average Bonchev–Trinajstić information content (AvgIpc) is 2.38. The van der Waals surface area contributed by atoms with Crippen LogP contribution >= 0.6 is 11.6 Å². The van der Waals surface area contributed by atoms with E-state index in [2.05, 4.69) is 6.07 Å². The summed E-state index contributed by atoms with van der Waals surface area (Å²) >= 11 is 6.26. The molecule has 2 nitrogen and oxygen atoms in total. The van der Waals surface area contributed by atoms with Gasteiger partial charge in [0.15, 0.2) is 0 Å². The van der Waals surface area contributed by atoms with Gasteiger partial charge in [-0.15, -0.1) is 0 Å². The first kappa shape index (κ1) is 14.7. The summed E-state index contributed by atoms with van der Waals surface area (Å²) in [5.74, 6) is 1.53. The molecule has 2 N–H and O–H groups in total. The second-order valence-corrected chi connectivity index (χ2v) is 6.13. The fourth-order valence-corrected chi connectivity index (χ4v) is 3.03. The molecule has 0 bridgehead atoms. The molecule has 1 atom stereocenters. The zero-order valence-corrected chi connectivity index (χ0v) is 12.5. The van der Waals surface area contributed by atoms with Crippen LogP contribution in [0.2, 0.25) is 5.02 Å². The summed E-state index contributed by atoms with van der Waals surface area (Å²) in [6, 6.07) is 6.04. The van der Waals surface area contributed by atoms with Crippen LogP contribution in [0.15, 0.2) is 18.2 Å². The highest BCUT2D eigenvalue weighted by Crippen LogP contribution is 2.31. The van der Waals surface area contributed by atoms with Crippen LogP contribution in [0.5, 0.6) is 5.75 Å². The van der Waals surface area contributed by atoms with Crippen LogP contribution in [-0.2, 0) is 6.42 Å². The Bertz CT molecular complexity index is 400. The van der Waals surface area contributed by atoms with E-state index in [1.54, 1.807) is 0 Å². The van der Waals surface area contributed by atoms with E-state index in [1.165, 1.54) is 32.1 Å². The summed E-state index contributed by atoms with van der Waals surface area (Å²) in [4.78, 5) is 0. The zero-order valence-electron chi connectivity index (χ0n) is 11.7. The number of hydrogen-bond donors (Lipinski definition) is 1.